The minimum Gasteiger partial charge on any atom is -0.508 e. The molecule has 3 aromatic carbocycles. The second-order valence-electron chi connectivity index (χ2n) is 16.6. The molecule has 0 fully saturated rings. The molecule has 0 bridgehead atoms. The fourth-order valence-electron chi connectivity index (χ4n) is 7.83. The number of hydrogen-bond donors (Lipinski definition) is 6. The van der Waals surface area contributed by atoms with E-state index in [2.05, 4.69) is 43.9 Å². The molecule has 1 heterocycles. The summed E-state index contributed by atoms with van der Waals surface area (Å²) in [6, 6.07) is 22.7. The molecular formula is C52H63IN4O9S. The number of alkyl halides is 1. The van der Waals surface area contributed by atoms with Gasteiger partial charge in [-0.1, -0.05) is 97.5 Å². The van der Waals surface area contributed by atoms with Gasteiger partial charge in [-0.15, -0.1) is 11.8 Å². The van der Waals surface area contributed by atoms with Gasteiger partial charge in [-0.05, 0) is 103 Å². The summed E-state index contributed by atoms with van der Waals surface area (Å²) in [6.45, 7) is 1.67. The van der Waals surface area contributed by atoms with E-state index in [9.17, 15) is 39.0 Å². The van der Waals surface area contributed by atoms with E-state index >= 15 is 0 Å². The van der Waals surface area contributed by atoms with Gasteiger partial charge in [-0.2, -0.15) is 0 Å². The number of carbonyl (C=O) groups is 5. The fraction of sp³-hybridized carbons (Fsp3) is 0.423. The number of unbranched alkanes of at least 4 members (excludes halogenated alkanes) is 10. The molecule has 0 radical (unpaired) electrons. The molecule has 3 aromatic rings. The lowest BCUT2D eigenvalue weighted by Crippen LogP contribution is -2.36. The topological polar surface area (TPSA) is 204 Å². The first-order chi connectivity index (χ1) is 32.5. The van der Waals surface area contributed by atoms with E-state index in [1.165, 1.54) is 36.4 Å². The number of hydrogen-bond acceptors (Lipinski definition) is 9. The van der Waals surface area contributed by atoms with Crippen LogP contribution in [0, 0.1) is 0 Å². The molecule has 5 rings (SSSR count). The Bertz CT molecular complexity index is 2430. The van der Waals surface area contributed by atoms with Crippen LogP contribution in [0.1, 0.15) is 128 Å². The number of carbonyl (C=O) groups excluding carboxylic acids is 4. The molecule has 2 aliphatic rings. The van der Waals surface area contributed by atoms with Crippen LogP contribution in [0.25, 0.3) is 33.4 Å². The quantitative estimate of drug-likeness (QED) is 0.0111. The van der Waals surface area contributed by atoms with Crippen molar-refractivity contribution in [3.63, 3.8) is 0 Å². The summed E-state index contributed by atoms with van der Waals surface area (Å²) in [5.41, 5.74) is 2.12. The molecule has 4 amide bonds. The van der Waals surface area contributed by atoms with Gasteiger partial charge >= 0.3 is 5.97 Å². The second kappa shape index (κ2) is 28.7. The minimum absolute atomic E-state index is 0.0615. The number of carboxylic acid groups (broad SMARTS) is 1. The summed E-state index contributed by atoms with van der Waals surface area (Å²) in [5, 5.41) is 32.2. The Labute approximate surface area is 410 Å². The number of rotatable bonds is 30. The molecule has 0 aromatic heterocycles. The average molecular weight is 1050 g/mol. The molecule has 6 N–H and O–H groups in total. The van der Waals surface area contributed by atoms with Gasteiger partial charge in [0.1, 0.15) is 22.3 Å². The van der Waals surface area contributed by atoms with Crippen LogP contribution < -0.4 is 26.7 Å². The number of aromatic carboxylic acids is 1. The largest absolute Gasteiger partial charge is 0.508 e. The van der Waals surface area contributed by atoms with Crippen LogP contribution in [0.15, 0.2) is 94.1 Å². The van der Waals surface area contributed by atoms with Crippen LogP contribution >= 0.6 is 34.4 Å². The van der Waals surface area contributed by atoms with Crippen LogP contribution in [0.2, 0.25) is 0 Å². The molecule has 358 valence electrons. The first-order valence-corrected chi connectivity index (χ1v) is 26.0. The van der Waals surface area contributed by atoms with Crippen molar-refractivity contribution in [2.24, 2.45) is 0 Å². The van der Waals surface area contributed by atoms with Crippen molar-refractivity contribution in [3.05, 3.63) is 112 Å². The van der Waals surface area contributed by atoms with E-state index < -0.39 is 17.1 Å². The first-order valence-electron chi connectivity index (χ1n) is 23.4. The number of fused-ring (bicyclic) bond motifs is 2. The average Bonchev–Trinajstić information content (AvgIpc) is 3.32. The highest BCUT2D eigenvalue weighted by molar-refractivity contribution is 14.1. The Hall–Kier alpha value is -5.42. The number of carboxylic acids is 1. The number of nitrogens with one attached hydrogen (secondary N) is 4. The maximum atomic E-state index is 13.5. The zero-order valence-electron chi connectivity index (χ0n) is 38.0. The predicted molar refractivity (Wildman–Crippen MR) is 274 cm³/mol. The van der Waals surface area contributed by atoms with Crippen molar-refractivity contribution in [3.8, 4) is 28.2 Å². The third-order valence-corrected chi connectivity index (χ3v) is 13.5. The minimum atomic E-state index is -1.26. The Morgan fingerprint density at radius 1 is 0.627 bits per heavy atom. The highest BCUT2D eigenvalue weighted by atomic mass is 127. The second-order valence-corrected chi connectivity index (χ2v) is 18.9. The monoisotopic (exact) mass is 1050 g/mol. The molecule has 1 aliphatic carbocycles. The molecule has 0 spiro atoms. The zero-order chi connectivity index (χ0) is 47.8. The number of amides is 4. The summed E-state index contributed by atoms with van der Waals surface area (Å²) in [7, 11) is 0. The summed E-state index contributed by atoms with van der Waals surface area (Å²) < 4.78 is 6.99. The molecular weight excluding hydrogens is 984 g/mol. The van der Waals surface area contributed by atoms with Gasteiger partial charge in [0.2, 0.25) is 17.7 Å². The molecule has 13 nitrogen and oxygen atoms in total. The highest BCUT2D eigenvalue weighted by Gasteiger charge is 2.24. The standard InChI is InChI=1S/C52H63IN4O9S/c53-27-13-12-20-47(61)55-29-15-8-14-28-54-46(60)19-11-5-3-1-2-4-6-16-32-67-49(36-17-9-7-10-18-36)51(63)57-31-30-56-50(62)37-21-24-40(43(33-37)52(64)65)48-41-25-22-38(58)34-44(41)66-45-35-39(59)23-26-42(45)48/h7,9-10,17-18,21-26,33-35,49,58H,1-6,8,11-16,19-20,27-32H2,(H,54,60)(H,55,61)(H,56,62)(H,57,63)(H,64,65). The Morgan fingerprint density at radius 2 is 1.25 bits per heavy atom. The Kier molecular flexibility index (Phi) is 22.5. The lowest BCUT2D eigenvalue weighted by atomic mass is 9.90. The number of phenols is 1. The third-order valence-electron chi connectivity index (χ3n) is 11.4. The zero-order valence-corrected chi connectivity index (χ0v) is 41.0. The van der Waals surface area contributed by atoms with Gasteiger partial charge in [0.15, 0.2) is 5.43 Å². The van der Waals surface area contributed by atoms with Gasteiger partial charge in [0, 0.05) is 73.2 Å². The molecule has 0 saturated carbocycles. The molecule has 1 atom stereocenters. The van der Waals surface area contributed by atoms with E-state index in [0.29, 0.717) is 48.0 Å². The Morgan fingerprint density at radius 3 is 1.94 bits per heavy atom. The van der Waals surface area contributed by atoms with Gasteiger partial charge in [-0.3, -0.25) is 24.0 Å². The van der Waals surface area contributed by atoms with Crippen molar-refractivity contribution < 1.29 is 38.6 Å². The summed E-state index contributed by atoms with van der Waals surface area (Å²) >= 11 is 3.93. The van der Waals surface area contributed by atoms with Gasteiger partial charge in [0.05, 0.1) is 5.56 Å². The summed E-state index contributed by atoms with van der Waals surface area (Å²) in [4.78, 5) is 75.5. The van der Waals surface area contributed by atoms with E-state index in [1.807, 2.05) is 30.3 Å². The fourth-order valence-corrected chi connectivity index (χ4v) is 9.56. The van der Waals surface area contributed by atoms with Gasteiger partial charge in [-0.25, -0.2) is 4.79 Å². The predicted octanol–water partition coefficient (Wildman–Crippen LogP) is 9.81. The lowest BCUT2D eigenvalue weighted by molar-refractivity contribution is -0.121. The van der Waals surface area contributed by atoms with Crippen LogP contribution in [0.5, 0.6) is 5.75 Å². The van der Waals surface area contributed by atoms with Crippen LogP contribution in [0.3, 0.4) is 0 Å². The number of benzene rings is 4. The van der Waals surface area contributed by atoms with E-state index in [-0.39, 0.29) is 64.5 Å². The third kappa shape index (κ3) is 17.3. The van der Waals surface area contributed by atoms with Crippen molar-refractivity contribution in [1.29, 1.82) is 0 Å². The SMILES string of the molecule is O=C(CCCCI)NCCCCCNC(=O)CCCCCCCCCCSC(C(=O)NCCNC(=O)c1ccc(-c2c3ccc(=O)cc-3oc3cc(O)ccc23)c(C(=O)O)c1)c1ccccc1. The Balaban J connectivity index is 0.979. The molecule has 67 heavy (non-hydrogen) atoms. The molecule has 15 heteroatoms. The first kappa shape index (κ1) is 52.5. The van der Waals surface area contributed by atoms with Crippen LogP contribution in [0.4, 0.5) is 0 Å². The van der Waals surface area contributed by atoms with E-state index in [0.717, 1.165) is 99.2 Å². The number of aromatic hydroxyl groups is 1. The smallest absolute Gasteiger partial charge is 0.336 e. The maximum absolute atomic E-state index is 13.5. The number of thioether (sulfide) groups is 1. The van der Waals surface area contributed by atoms with Gasteiger partial charge in [0.25, 0.3) is 5.91 Å². The van der Waals surface area contributed by atoms with Crippen LogP contribution in [-0.4, -0.2) is 76.2 Å². The van der Waals surface area contributed by atoms with Crippen molar-refractivity contribution >= 4 is 74.9 Å². The molecule has 1 aliphatic heterocycles. The summed E-state index contributed by atoms with van der Waals surface area (Å²) in [6.07, 6.45) is 14.5. The van der Waals surface area contributed by atoms with Crippen molar-refractivity contribution in [1.82, 2.24) is 21.3 Å². The van der Waals surface area contributed by atoms with Gasteiger partial charge < -0.3 is 35.9 Å². The number of halogens is 1. The molecule has 0 saturated heterocycles. The maximum Gasteiger partial charge on any atom is 0.336 e. The normalized spacial score (nSPS) is 11.6. The van der Waals surface area contributed by atoms with E-state index in [1.54, 1.807) is 30.0 Å². The van der Waals surface area contributed by atoms with Crippen LogP contribution in [-0.2, 0) is 14.4 Å². The lowest BCUT2D eigenvalue weighted by Gasteiger charge is -2.18. The highest BCUT2D eigenvalue weighted by Crippen LogP contribution is 2.42. The molecule has 1 unspecified atom stereocenters. The number of phenolic OH excluding ortho intramolecular Hbond substituents is 1. The van der Waals surface area contributed by atoms with E-state index in [4.69, 9.17) is 4.42 Å². The van der Waals surface area contributed by atoms with Crippen molar-refractivity contribution in [2.45, 2.75) is 102 Å². The summed E-state index contributed by atoms with van der Waals surface area (Å²) in [5.74, 6) is -0.691. The van der Waals surface area contributed by atoms with Crippen molar-refractivity contribution in [2.75, 3.05) is 36.4 Å².